The molecule has 1 N–H and O–H groups in total. The van der Waals surface area contributed by atoms with Crippen LogP contribution in [0.15, 0.2) is 24.3 Å². The molecule has 5 nitrogen and oxygen atoms in total. The van der Waals surface area contributed by atoms with Crippen LogP contribution in [0.5, 0.6) is 0 Å². The third-order valence-electron chi connectivity index (χ3n) is 4.16. The van der Waals surface area contributed by atoms with E-state index in [1.165, 1.54) is 0 Å². The highest BCUT2D eigenvalue weighted by Crippen LogP contribution is 2.30. The number of nitrogens with one attached hydrogen (secondary N) is 1. The standard InChI is InChI=1S/C14H21N3O2S/c1-12-5-2-3-7-14(12)17-10-9-16(20(17,18)19)13-6-4-8-15-11-13/h2-3,5,7,13,15H,4,6,8-11H2,1H3. The number of benzene rings is 1. The second-order valence-electron chi connectivity index (χ2n) is 5.48. The van der Waals surface area contributed by atoms with Crippen molar-refractivity contribution in [1.29, 1.82) is 0 Å². The van der Waals surface area contributed by atoms with Gasteiger partial charge >= 0.3 is 10.2 Å². The highest BCUT2D eigenvalue weighted by molar-refractivity contribution is 7.90. The Hall–Kier alpha value is -1.11. The van der Waals surface area contributed by atoms with E-state index in [1.807, 2.05) is 31.2 Å². The van der Waals surface area contributed by atoms with Crippen molar-refractivity contribution in [2.75, 3.05) is 30.5 Å². The number of para-hydroxylation sites is 1. The minimum Gasteiger partial charge on any atom is -0.315 e. The molecular weight excluding hydrogens is 274 g/mol. The smallest absolute Gasteiger partial charge is 0.304 e. The van der Waals surface area contributed by atoms with Crippen LogP contribution < -0.4 is 9.62 Å². The lowest BCUT2D eigenvalue weighted by Gasteiger charge is -2.30. The Kier molecular flexibility index (Phi) is 3.70. The van der Waals surface area contributed by atoms with Crippen LogP contribution in [0.25, 0.3) is 0 Å². The molecule has 0 bridgehead atoms. The quantitative estimate of drug-likeness (QED) is 0.889. The number of hydrogen-bond donors (Lipinski definition) is 1. The van der Waals surface area contributed by atoms with Crippen molar-refractivity contribution in [1.82, 2.24) is 9.62 Å². The molecule has 2 heterocycles. The van der Waals surface area contributed by atoms with Gasteiger partial charge < -0.3 is 5.32 Å². The van der Waals surface area contributed by atoms with Crippen LogP contribution in [0.3, 0.4) is 0 Å². The molecular formula is C14H21N3O2S. The third kappa shape index (κ3) is 2.32. The van der Waals surface area contributed by atoms with Crippen molar-refractivity contribution in [2.45, 2.75) is 25.8 Å². The van der Waals surface area contributed by atoms with Crippen LogP contribution in [-0.2, 0) is 10.2 Å². The SMILES string of the molecule is Cc1ccccc1N1CCN(C2CCCNC2)S1(=O)=O. The van der Waals surface area contributed by atoms with Gasteiger partial charge in [-0.2, -0.15) is 12.7 Å². The third-order valence-corrected chi connectivity index (χ3v) is 6.17. The van der Waals surface area contributed by atoms with Gasteiger partial charge in [-0.25, -0.2) is 0 Å². The summed E-state index contributed by atoms with van der Waals surface area (Å²) in [4.78, 5) is 0. The second kappa shape index (κ2) is 5.35. The molecule has 6 heteroatoms. The molecule has 1 aromatic carbocycles. The molecule has 0 saturated carbocycles. The predicted molar refractivity (Wildman–Crippen MR) is 80.0 cm³/mol. The zero-order chi connectivity index (χ0) is 14.2. The van der Waals surface area contributed by atoms with Crippen molar-refractivity contribution in [3.63, 3.8) is 0 Å². The summed E-state index contributed by atoms with van der Waals surface area (Å²) in [5, 5.41) is 3.29. The van der Waals surface area contributed by atoms with Gasteiger partial charge in [0, 0.05) is 25.7 Å². The molecule has 0 spiro atoms. The van der Waals surface area contributed by atoms with E-state index in [1.54, 1.807) is 8.61 Å². The van der Waals surface area contributed by atoms with Crippen LogP contribution in [0, 0.1) is 6.92 Å². The Bertz CT molecular complexity index is 582. The van der Waals surface area contributed by atoms with Gasteiger partial charge in [0.1, 0.15) is 0 Å². The number of anilines is 1. The molecule has 2 aliphatic heterocycles. The zero-order valence-corrected chi connectivity index (χ0v) is 12.6. The van der Waals surface area contributed by atoms with Crippen LogP contribution in [-0.4, -0.2) is 44.9 Å². The van der Waals surface area contributed by atoms with E-state index in [9.17, 15) is 8.42 Å². The maximum atomic E-state index is 12.8. The average molecular weight is 295 g/mol. The number of nitrogens with zero attached hydrogens (tertiary/aromatic N) is 2. The van der Waals surface area contributed by atoms with E-state index < -0.39 is 10.2 Å². The van der Waals surface area contributed by atoms with Gasteiger partial charge in [-0.3, -0.25) is 4.31 Å². The first-order valence-electron chi connectivity index (χ1n) is 7.16. The van der Waals surface area contributed by atoms with Crippen molar-refractivity contribution in [3.8, 4) is 0 Å². The molecule has 0 radical (unpaired) electrons. The molecule has 0 aliphatic carbocycles. The summed E-state index contributed by atoms with van der Waals surface area (Å²) in [6.45, 7) is 4.84. The Morgan fingerprint density at radius 2 is 2.05 bits per heavy atom. The van der Waals surface area contributed by atoms with E-state index >= 15 is 0 Å². The second-order valence-corrected chi connectivity index (χ2v) is 7.28. The Balaban J connectivity index is 1.88. The molecule has 0 amide bonds. The lowest BCUT2D eigenvalue weighted by atomic mass is 10.1. The van der Waals surface area contributed by atoms with Gasteiger partial charge in [0.25, 0.3) is 0 Å². The first kappa shape index (κ1) is 13.9. The Morgan fingerprint density at radius 1 is 1.25 bits per heavy atom. The lowest BCUT2D eigenvalue weighted by Crippen LogP contribution is -2.48. The summed E-state index contributed by atoms with van der Waals surface area (Å²) in [7, 11) is -3.38. The topological polar surface area (TPSA) is 52.6 Å². The summed E-state index contributed by atoms with van der Waals surface area (Å²) >= 11 is 0. The van der Waals surface area contributed by atoms with E-state index in [4.69, 9.17) is 0 Å². The minimum absolute atomic E-state index is 0.0998. The largest absolute Gasteiger partial charge is 0.315 e. The zero-order valence-electron chi connectivity index (χ0n) is 11.7. The highest BCUT2D eigenvalue weighted by Gasteiger charge is 2.41. The fourth-order valence-corrected chi connectivity index (χ4v) is 4.97. The first-order chi connectivity index (χ1) is 9.60. The molecule has 2 saturated heterocycles. The van der Waals surface area contributed by atoms with Crippen LogP contribution in [0.1, 0.15) is 18.4 Å². The Labute approximate surface area is 120 Å². The fraction of sp³-hybridized carbons (Fsp3) is 0.571. The molecule has 3 rings (SSSR count). The van der Waals surface area contributed by atoms with Gasteiger partial charge in [-0.15, -0.1) is 0 Å². The van der Waals surface area contributed by atoms with Crippen LogP contribution >= 0.6 is 0 Å². The summed E-state index contributed by atoms with van der Waals surface area (Å²) in [6.07, 6.45) is 1.99. The molecule has 0 aromatic heterocycles. The van der Waals surface area contributed by atoms with Crippen molar-refractivity contribution >= 4 is 15.9 Å². The molecule has 1 aromatic rings. The fourth-order valence-electron chi connectivity index (χ4n) is 3.08. The van der Waals surface area contributed by atoms with E-state index in [0.29, 0.717) is 13.1 Å². The summed E-state index contributed by atoms with van der Waals surface area (Å²) < 4.78 is 28.8. The summed E-state index contributed by atoms with van der Waals surface area (Å²) in [5.41, 5.74) is 1.80. The van der Waals surface area contributed by atoms with E-state index in [0.717, 1.165) is 37.2 Å². The molecule has 2 fully saturated rings. The van der Waals surface area contributed by atoms with Crippen molar-refractivity contribution in [3.05, 3.63) is 29.8 Å². The van der Waals surface area contributed by atoms with Crippen molar-refractivity contribution in [2.24, 2.45) is 0 Å². The van der Waals surface area contributed by atoms with Gasteiger partial charge in [-0.05, 0) is 37.9 Å². The van der Waals surface area contributed by atoms with Gasteiger partial charge in [0.2, 0.25) is 0 Å². The number of piperidine rings is 1. The number of rotatable bonds is 2. The summed E-state index contributed by atoms with van der Waals surface area (Å²) in [5.74, 6) is 0. The molecule has 20 heavy (non-hydrogen) atoms. The molecule has 110 valence electrons. The maximum Gasteiger partial charge on any atom is 0.304 e. The van der Waals surface area contributed by atoms with Crippen molar-refractivity contribution < 1.29 is 8.42 Å². The summed E-state index contributed by atoms with van der Waals surface area (Å²) in [6, 6.07) is 7.76. The first-order valence-corrected chi connectivity index (χ1v) is 8.56. The molecule has 2 aliphatic rings. The Morgan fingerprint density at radius 3 is 2.75 bits per heavy atom. The van der Waals surface area contributed by atoms with Gasteiger partial charge in [-0.1, -0.05) is 18.2 Å². The van der Waals surface area contributed by atoms with E-state index in [2.05, 4.69) is 5.32 Å². The predicted octanol–water partition coefficient (Wildman–Crippen LogP) is 1.11. The van der Waals surface area contributed by atoms with Crippen LogP contribution in [0.2, 0.25) is 0 Å². The minimum atomic E-state index is -3.38. The lowest BCUT2D eigenvalue weighted by molar-refractivity contribution is 0.284. The van der Waals surface area contributed by atoms with Crippen LogP contribution in [0.4, 0.5) is 5.69 Å². The normalized spacial score (nSPS) is 26.9. The van der Waals surface area contributed by atoms with Gasteiger partial charge in [0.15, 0.2) is 0 Å². The van der Waals surface area contributed by atoms with Gasteiger partial charge in [0.05, 0.1) is 5.69 Å². The highest BCUT2D eigenvalue weighted by atomic mass is 32.2. The number of hydrogen-bond acceptors (Lipinski definition) is 3. The average Bonchev–Trinajstić information content (AvgIpc) is 2.76. The molecule has 1 unspecified atom stereocenters. The van der Waals surface area contributed by atoms with E-state index in [-0.39, 0.29) is 6.04 Å². The monoisotopic (exact) mass is 295 g/mol. The maximum absolute atomic E-state index is 12.8. The number of aryl methyl sites for hydroxylation is 1. The molecule has 1 atom stereocenters.